The van der Waals surface area contributed by atoms with E-state index in [0.717, 1.165) is 0 Å². The fourth-order valence-electron chi connectivity index (χ4n) is 1.54. The van der Waals surface area contributed by atoms with Crippen LogP contribution in [0.15, 0.2) is 34.9 Å². The van der Waals surface area contributed by atoms with Gasteiger partial charge in [-0.1, -0.05) is 0 Å². The van der Waals surface area contributed by atoms with Crippen molar-refractivity contribution in [2.45, 2.75) is 0 Å². The standard InChI is InChI=1S/C13H9BrN2O2/c1-18-12-3-2-9(7-16-12)10-4-8(6-15)5-11(14)13(10)17/h2-5,7,17H,1H3. The van der Waals surface area contributed by atoms with E-state index in [1.807, 2.05) is 6.07 Å². The van der Waals surface area contributed by atoms with Crippen LogP contribution in [0.2, 0.25) is 0 Å². The number of phenols is 1. The molecule has 0 aliphatic rings. The van der Waals surface area contributed by atoms with Crippen LogP contribution in [0.3, 0.4) is 0 Å². The van der Waals surface area contributed by atoms with Gasteiger partial charge in [0.15, 0.2) is 0 Å². The van der Waals surface area contributed by atoms with Gasteiger partial charge in [-0.05, 0) is 34.1 Å². The molecule has 4 nitrogen and oxygen atoms in total. The maximum Gasteiger partial charge on any atom is 0.212 e. The zero-order valence-corrected chi connectivity index (χ0v) is 11.1. The Morgan fingerprint density at radius 1 is 1.39 bits per heavy atom. The van der Waals surface area contributed by atoms with Crippen molar-refractivity contribution in [1.82, 2.24) is 4.98 Å². The summed E-state index contributed by atoms with van der Waals surface area (Å²) in [7, 11) is 1.53. The number of methoxy groups -OCH3 is 1. The number of hydrogen-bond donors (Lipinski definition) is 1. The molecule has 1 N–H and O–H groups in total. The van der Waals surface area contributed by atoms with Gasteiger partial charge in [-0.3, -0.25) is 0 Å². The van der Waals surface area contributed by atoms with Gasteiger partial charge in [0.25, 0.3) is 0 Å². The molecule has 2 rings (SSSR count). The lowest BCUT2D eigenvalue weighted by atomic mass is 10.0. The van der Waals surface area contributed by atoms with Gasteiger partial charge in [-0.15, -0.1) is 0 Å². The van der Waals surface area contributed by atoms with Gasteiger partial charge in [0, 0.05) is 23.4 Å². The third-order valence-corrected chi connectivity index (χ3v) is 3.05. The summed E-state index contributed by atoms with van der Waals surface area (Å²) in [6.07, 6.45) is 1.58. The number of hydrogen-bond acceptors (Lipinski definition) is 4. The van der Waals surface area contributed by atoms with Crippen molar-refractivity contribution in [3.63, 3.8) is 0 Å². The van der Waals surface area contributed by atoms with Crippen molar-refractivity contribution in [2.75, 3.05) is 7.11 Å². The number of halogens is 1. The maximum absolute atomic E-state index is 9.98. The van der Waals surface area contributed by atoms with E-state index in [4.69, 9.17) is 10.00 Å². The maximum atomic E-state index is 9.98. The number of aromatic hydroxyl groups is 1. The fraction of sp³-hybridized carbons (Fsp3) is 0.0769. The predicted octanol–water partition coefficient (Wildman–Crippen LogP) is 3.10. The monoisotopic (exact) mass is 304 g/mol. The lowest BCUT2D eigenvalue weighted by Crippen LogP contribution is -1.88. The predicted molar refractivity (Wildman–Crippen MR) is 70.3 cm³/mol. The molecule has 0 atom stereocenters. The third-order valence-electron chi connectivity index (χ3n) is 2.45. The highest BCUT2D eigenvalue weighted by molar-refractivity contribution is 9.10. The van der Waals surface area contributed by atoms with Crippen LogP contribution >= 0.6 is 15.9 Å². The summed E-state index contributed by atoms with van der Waals surface area (Å²) >= 11 is 3.22. The Balaban J connectivity index is 2.55. The Morgan fingerprint density at radius 2 is 2.17 bits per heavy atom. The summed E-state index contributed by atoms with van der Waals surface area (Å²) in [5.74, 6) is 0.578. The summed E-state index contributed by atoms with van der Waals surface area (Å²) in [5, 5.41) is 18.9. The second-order valence-corrected chi connectivity index (χ2v) is 4.41. The van der Waals surface area contributed by atoms with Crippen LogP contribution < -0.4 is 4.74 Å². The normalized spacial score (nSPS) is 9.83. The lowest BCUT2D eigenvalue weighted by molar-refractivity contribution is 0.398. The highest BCUT2D eigenvalue weighted by Gasteiger charge is 2.10. The molecular weight excluding hydrogens is 296 g/mol. The highest BCUT2D eigenvalue weighted by atomic mass is 79.9. The molecule has 0 spiro atoms. The Hall–Kier alpha value is -2.06. The molecule has 0 saturated heterocycles. The molecule has 0 saturated carbocycles. The fourth-order valence-corrected chi connectivity index (χ4v) is 2.00. The molecule has 0 unspecified atom stereocenters. The molecule has 5 heteroatoms. The van der Waals surface area contributed by atoms with E-state index in [1.165, 1.54) is 7.11 Å². The second kappa shape index (κ2) is 5.07. The van der Waals surface area contributed by atoms with Gasteiger partial charge in [0.1, 0.15) is 5.75 Å². The SMILES string of the molecule is COc1ccc(-c2cc(C#N)cc(Br)c2O)cn1. The van der Waals surface area contributed by atoms with E-state index in [2.05, 4.69) is 20.9 Å². The van der Waals surface area contributed by atoms with E-state index >= 15 is 0 Å². The zero-order chi connectivity index (χ0) is 13.1. The van der Waals surface area contributed by atoms with E-state index in [1.54, 1.807) is 30.5 Å². The smallest absolute Gasteiger partial charge is 0.212 e. The molecule has 1 heterocycles. The van der Waals surface area contributed by atoms with Gasteiger partial charge >= 0.3 is 0 Å². The minimum absolute atomic E-state index is 0.0842. The summed E-state index contributed by atoms with van der Waals surface area (Å²) in [5.41, 5.74) is 1.73. The number of nitrogens with zero attached hydrogens (tertiary/aromatic N) is 2. The number of benzene rings is 1. The first kappa shape index (κ1) is 12.4. The van der Waals surface area contributed by atoms with Crippen LogP contribution in [0.1, 0.15) is 5.56 Å². The van der Waals surface area contributed by atoms with Crippen LogP contribution in [0, 0.1) is 11.3 Å². The summed E-state index contributed by atoms with van der Waals surface area (Å²) in [4.78, 5) is 4.07. The third kappa shape index (κ3) is 2.29. The first-order valence-corrected chi connectivity index (χ1v) is 5.88. The molecule has 0 aliphatic carbocycles. The molecule has 0 radical (unpaired) electrons. The van der Waals surface area contributed by atoms with E-state index in [9.17, 15) is 5.11 Å². The number of nitriles is 1. The molecule has 0 bridgehead atoms. The number of pyridine rings is 1. The largest absolute Gasteiger partial charge is 0.506 e. The van der Waals surface area contributed by atoms with Gasteiger partial charge in [0.2, 0.25) is 5.88 Å². The molecule has 1 aromatic heterocycles. The number of rotatable bonds is 2. The average molecular weight is 305 g/mol. The Kier molecular flexibility index (Phi) is 3.49. The van der Waals surface area contributed by atoms with Crippen LogP contribution in [0.4, 0.5) is 0 Å². The number of aromatic nitrogens is 1. The zero-order valence-electron chi connectivity index (χ0n) is 9.51. The minimum atomic E-state index is 0.0842. The summed E-state index contributed by atoms with van der Waals surface area (Å²) < 4.78 is 5.45. The van der Waals surface area contributed by atoms with Crippen molar-refractivity contribution < 1.29 is 9.84 Å². The van der Waals surface area contributed by atoms with Crippen molar-refractivity contribution >= 4 is 15.9 Å². The topological polar surface area (TPSA) is 66.1 Å². The molecule has 0 amide bonds. The van der Waals surface area contributed by atoms with E-state index in [0.29, 0.717) is 27.0 Å². The summed E-state index contributed by atoms with van der Waals surface area (Å²) in [6, 6.07) is 8.69. The molecule has 0 aliphatic heterocycles. The van der Waals surface area contributed by atoms with Crippen LogP contribution in [-0.2, 0) is 0 Å². The molecular formula is C13H9BrN2O2. The van der Waals surface area contributed by atoms with Crippen LogP contribution in [0.5, 0.6) is 11.6 Å². The molecule has 1 aromatic carbocycles. The van der Waals surface area contributed by atoms with Crippen LogP contribution in [0.25, 0.3) is 11.1 Å². The molecule has 90 valence electrons. The lowest BCUT2D eigenvalue weighted by Gasteiger charge is -2.07. The molecule has 18 heavy (non-hydrogen) atoms. The van der Waals surface area contributed by atoms with E-state index in [-0.39, 0.29) is 5.75 Å². The molecule has 2 aromatic rings. The number of ether oxygens (including phenoxy) is 1. The first-order chi connectivity index (χ1) is 8.65. The highest BCUT2D eigenvalue weighted by Crippen LogP contribution is 2.36. The van der Waals surface area contributed by atoms with Gasteiger partial charge in [0.05, 0.1) is 23.2 Å². The van der Waals surface area contributed by atoms with Gasteiger partial charge in [-0.2, -0.15) is 5.26 Å². The minimum Gasteiger partial charge on any atom is -0.506 e. The summed E-state index contributed by atoms with van der Waals surface area (Å²) in [6.45, 7) is 0. The second-order valence-electron chi connectivity index (χ2n) is 3.56. The van der Waals surface area contributed by atoms with Crippen molar-refractivity contribution in [2.24, 2.45) is 0 Å². The number of phenolic OH excluding ortho intramolecular Hbond substituents is 1. The average Bonchev–Trinajstić information content (AvgIpc) is 2.42. The van der Waals surface area contributed by atoms with Gasteiger partial charge < -0.3 is 9.84 Å². The van der Waals surface area contributed by atoms with Crippen molar-refractivity contribution in [3.8, 4) is 28.8 Å². The Morgan fingerprint density at radius 3 is 2.72 bits per heavy atom. The van der Waals surface area contributed by atoms with Crippen molar-refractivity contribution in [3.05, 3.63) is 40.5 Å². The van der Waals surface area contributed by atoms with Crippen LogP contribution in [-0.4, -0.2) is 17.2 Å². The van der Waals surface area contributed by atoms with Gasteiger partial charge in [-0.25, -0.2) is 4.98 Å². The van der Waals surface area contributed by atoms with E-state index < -0.39 is 0 Å². The van der Waals surface area contributed by atoms with Crippen molar-refractivity contribution in [1.29, 1.82) is 5.26 Å². The first-order valence-electron chi connectivity index (χ1n) is 5.08. The Bertz CT molecular complexity index is 618. The Labute approximate surface area is 113 Å². The quantitative estimate of drug-likeness (QED) is 0.926. The molecule has 0 fully saturated rings.